The number of aromatic hydroxyl groups is 1. The number of rotatable bonds is 0. The smallest absolute Gasteiger partial charge is 0.115 e. The molecular weight excluding hydrogens is 291 g/mol. The Balaban J connectivity index is 0. The van der Waals surface area contributed by atoms with Crippen LogP contribution in [-0.2, 0) is 19.5 Å². The SMILES string of the molecule is Oc1ccccc1.[Ba].[Zn]. The van der Waals surface area contributed by atoms with E-state index in [1.807, 2.05) is 6.07 Å². The van der Waals surface area contributed by atoms with Crippen LogP contribution in [0, 0.1) is 0 Å². The van der Waals surface area contributed by atoms with Crippen LogP contribution in [0.3, 0.4) is 0 Å². The Hall–Kier alpha value is 1.21. The van der Waals surface area contributed by atoms with Crippen molar-refractivity contribution in [2.45, 2.75) is 0 Å². The van der Waals surface area contributed by atoms with Gasteiger partial charge in [0.1, 0.15) is 5.75 Å². The summed E-state index contributed by atoms with van der Waals surface area (Å²) in [5.74, 6) is 0.322. The van der Waals surface area contributed by atoms with Crippen molar-refractivity contribution in [3.05, 3.63) is 30.3 Å². The Bertz CT molecular complexity index is 143. The van der Waals surface area contributed by atoms with Crippen LogP contribution in [0.1, 0.15) is 0 Å². The average molecular weight is 297 g/mol. The molecule has 9 heavy (non-hydrogen) atoms. The van der Waals surface area contributed by atoms with Gasteiger partial charge in [-0.15, -0.1) is 0 Å². The van der Waals surface area contributed by atoms with Crippen LogP contribution in [-0.4, -0.2) is 54.0 Å². The van der Waals surface area contributed by atoms with Gasteiger partial charge in [0.15, 0.2) is 0 Å². The second kappa shape index (κ2) is 7.32. The molecule has 2 radical (unpaired) electrons. The van der Waals surface area contributed by atoms with Crippen molar-refractivity contribution in [1.82, 2.24) is 0 Å². The molecule has 1 rings (SSSR count). The zero-order chi connectivity index (χ0) is 5.11. The molecule has 0 fully saturated rings. The van der Waals surface area contributed by atoms with Crippen LogP contribution in [0.2, 0.25) is 0 Å². The fourth-order valence-corrected chi connectivity index (χ4v) is 0.428. The van der Waals surface area contributed by atoms with Crippen molar-refractivity contribution in [1.29, 1.82) is 0 Å². The van der Waals surface area contributed by atoms with Gasteiger partial charge in [0, 0.05) is 68.4 Å². The molecule has 0 aliphatic carbocycles. The van der Waals surface area contributed by atoms with Gasteiger partial charge in [-0.1, -0.05) is 18.2 Å². The predicted octanol–water partition coefficient (Wildman–Crippen LogP) is 1.01. The van der Waals surface area contributed by atoms with E-state index < -0.39 is 0 Å². The van der Waals surface area contributed by atoms with E-state index in [4.69, 9.17) is 5.11 Å². The van der Waals surface area contributed by atoms with Crippen LogP contribution in [0.25, 0.3) is 0 Å². The first-order valence-corrected chi connectivity index (χ1v) is 2.13. The maximum Gasteiger partial charge on any atom is 0.115 e. The average Bonchev–Trinajstić information content (AvgIpc) is 1.69. The molecule has 0 aliphatic heterocycles. The van der Waals surface area contributed by atoms with E-state index >= 15 is 0 Å². The minimum atomic E-state index is 0. The molecule has 40 valence electrons. The van der Waals surface area contributed by atoms with E-state index in [0.29, 0.717) is 5.75 Å². The fraction of sp³-hybridized carbons (Fsp3) is 0. The molecule has 1 aromatic carbocycles. The number of phenols is 1. The summed E-state index contributed by atoms with van der Waals surface area (Å²) >= 11 is 0. The van der Waals surface area contributed by atoms with Crippen LogP contribution >= 0.6 is 0 Å². The summed E-state index contributed by atoms with van der Waals surface area (Å²) in [6, 6.07) is 8.71. The largest absolute Gasteiger partial charge is 0.508 e. The zero-order valence-corrected chi connectivity index (χ0v) is 12.7. The Kier molecular flexibility index (Phi) is 10.5. The van der Waals surface area contributed by atoms with Gasteiger partial charge in [-0.05, 0) is 12.1 Å². The van der Waals surface area contributed by atoms with E-state index in [1.54, 1.807) is 24.3 Å². The van der Waals surface area contributed by atoms with Crippen molar-refractivity contribution >= 4 is 48.9 Å². The summed E-state index contributed by atoms with van der Waals surface area (Å²) in [7, 11) is 0. The van der Waals surface area contributed by atoms with Crippen molar-refractivity contribution in [2.75, 3.05) is 0 Å². The molecule has 0 spiro atoms. The van der Waals surface area contributed by atoms with Crippen LogP contribution in [0.5, 0.6) is 5.75 Å². The Morgan fingerprint density at radius 2 is 1.44 bits per heavy atom. The van der Waals surface area contributed by atoms with Gasteiger partial charge in [0.2, 0.25) is 0 Å². The third-order valence-corrected chi connectivity index (χ3v) is 0.756. The molecular formula is C6H6BaOZn. The topological polar surface area (TPSA) is 20.2 Å². The maximum absolute atomic E-state index is 8.63. The quantitative estimate of drug-likeness (QED) is 0.709. The van der Waals surface area contributed by atoms with Crippen molar-refractivity contribution in [3.63, 3.8) is 0 Å². The molecule has 1 aromatic rings. The maximum atomic E-state index is 8.63. The third-order valence-electron chi connectivity index (χ3n) is 0.756. The Morgan fingerprint density at radius 1 is 1.00 bits per heavy atom. The Morgan fingerprint density at radius 3 is 1.67 bits per heavy atom. The number of benzene rings is 1. The number of phenolic OH excluding ortho intramolecular Hbond substituents is 1. The first-order chi connectivity index (χ1) is 3.39. The van der Waals surface area contributed by atoms with E-state index in [-0.39, 0.29) is 68.4 Å². The number of hydrogen-bond acceptors (Lipinski definition) is 1. The van der Waals surface area contributed by atoms with E-state index in [2.05, 4.69) is 0 Å². The normalized spacial score (nSPS) is 6.67. The molecule has 0 aromatic heterocycles. The van der Waals surface area contributed by atoms with Crippen molar-refractivity contribution < 1.29 is 24.6 Å². The van der Waals surface area contributed by atoms with Gasteiger partial charge in [-0.3, -0.25) is 0 Å². The van der Waals surface area contributed by atoms with Gasteiger partial charge in [0.05, 0.1) is 0 Å². The third kappa shape index (κ3) is 5.65. The van der Waals surface area contributed by atoms with Crippen LogP contribution in [0.4, 0.5) is 0 Å². The van der Waals surface area contributed by atoms with Crippen molar-refractivity contribution in [3.8, 4) is 5.75 Å². The van der Waals surface area contributed by atoms with Gasteiger partial charge in [-0.2, -0.15) is 0 Å². The second-order valence-electron chi connectivity index (χ2n) is 1.34. The summed E-state index contributed by atoms with van der Waals surface area (Å²) in [6.45, 7) is 0. The van der Waals surface area contributed by atoms with E-state index in [0.717, 1.165) is 0 Å². The van der Waals surface area contributed by atoms with Gasteiger partial charge < -0.3 is 5.11 Å². The first kappa shape index (κ1) is 12.9. The summed E-state index contributed by atoms with van der Waals surface area (Å²) in [5.41, 5.74) is 0. The van der Waals surface area contributed by atoms with Crippen LogP contribution in [0.15, 0.2) is 30.3 Å². The summed E-state index contributed by atoms with van der Waals surface area (Å²) in [6.07, 6.45) is 0. The molecule has 0 saturated heterocycles. The molecule has 0 unspecified atom stereocenters. The van der Waals surface area contributed by atoms with Crippen LogP contribution < -0.4 is 0 Å². The molecule has 0 bridgehead atoms. The first-order valence-electron chi connectivity index (χ1n) is 2.13. The van der Waals surface area contributed by atoms with Gasteiger partial charge in [0.25, 0.3) is 0 Å². The molecule has 0 aliphatic rings. The molecule has 0 amide bonds. The van der Waals surface area contributed by atoms with E-state index in [9.17, 15) is 0 Å². The fourth-order valence-electron chi connectivity index (χ4n) is 0.428. The molecule has 1 N–H and O–H groups in total. The minimum absolute atomic E-state index is 0. The molecule has 1 nitrogen and oxygen atoms in total. The Labute approximate surface area is 108 Å². The molecule has 3 heteroatoms. The van der Waals surface area contributed by atoms with E-state index in [1.165, 1.54) is 0 Å². The van der Waals surface area contributed by atoms with Gasteiger partial charge >= 0.3 is 0 Å². The summed E-state index contributed by atoms with van der Waals surface area (Å²) < 4.78 is 0. The minimum Gasteiger partial charge on any atom is -0.508 e. The molecule has 0 saturated carbocycles. The second-order valence-corrected chi connectivity index (χ2v) is 1.34. The number of hydrogen-bond donors (Lipinski definition) is 1. The monoisotopic (exact) mass is 296 g/mol. The molecule has 0 atom stereocenters. The van der Waals surface area contributed by atoms with Crippen molar-refractivity contribution in [2.24, 2.45) is 0 Å². The summed E-state index contributed by atoms with van der Waals surface area (Å²) in [4.78, 5) is 0. The molecule has 0 heterocycles. The zero-order valence-electron chi connectivity index (χ0n) is 5.25. The van der Waals surface area contributed by atoms with Gasteiger partial charge in [-0.25, -0.2) is 0 Å². The predicted molar refractivity (Wildman–Crippen MR) is 33.9 cm³/mol. The summed E-state index contributed by atoms with van der Waals surface area (Å²) in [5, 5.41) is 8.63. The number of para-hydroxylation sites is 1. The standard InChI is InChI=1S/C6H6O.Ba.Zn/c7-6-4-2-1-3-5-6;;/h1-5,7H;;.